The van der Waals surface area contributed by atoms with Crippen LogP contribution in [0, 0.1) is 5.92 Å². The zero-order valence-electron chi connectivity index (χ0n) is 19.9. The Kier molecular flexibility index (Phi) is 9.75. The molecule has 8 heteroatoms. The monoisotopic (exact) mass is 513 g/mol. The van der Waals surface area contributed by atoms with E-state index in [2.05, 4.69) is 65.7 Å². The van der Waals surface area contributed by atoms with Crippen LogP contribution >= 0.6 is 38.0 Å². The van der Waals surface area contributed by atoms with E-state index in [-0.39, 0.29) is 0 Å². The second-order valence-corrected chi connectivity index (χ2v) is 16.4. The minimum atomic E-state index is -0.543. The van der Waals surface area contributed by atoms with Gasteiger partial charge >= 0.3 is 0 Å². The Bertz CT molecular complexity index is 864. The maximum Gasteiger partial charge on any atom is 0.145 e. The number of likely N-dealkylation sites (N-methyl/N-ethyl adjacent to an activating group) is 2. The van der Waals surface area contributed by atoms with Crippen molar-refractivity contribution in [3.63, 3.8) is 0 Å². The molecule has 3 aliphatic heterocycles. The second-order valence-electron chi connectivity index (χ2n) is 9.15. The maximum absolute atomic E-state index is 6.47. The third kappa shape index (κ3) is 6.21. The first-order valence-electron chi connectivity index (χ1n) is 11.4. The van der Waals surface area contributed by atoms with E-state index >= 15 is 0 Å². The molecule has 3 heterocycles. The first-order valence-corrected chi connectivity index (χ1v) is 16.4. The Morgan fingerprint density at radius 3 is 2.56 bits per heavy atom. The van der Waals surface area contributed by atoms with Gasteiger partial charge in [-0.25, -0.2) is 4.99 Å². The number of likely N-dealkylation sites (tertiary alicyclic amines) is 2. The number of hydrogen-bond donors (Lipinski definition) is 0. The molecule has 0 amide bonds. The molecule has 0 aromatic carbocycles. The highest BCUT2D eigenvalue weighted by atomic mass is 35.5. The van der Waals surface area contributed by atoms with Gasteiger partial charge in [-0.1, -0.05) is 29.8 Å². The maximum atomic E-state index is 6.47. The lowest BCUT2D eigenvalue weighted by atomic mass is 9.90. The summed E-state index contributed by atoms with van der Waals surface area (Å²) in [4.78, 5) is 13.6. The number of allylic oxidation sites excluding steroid dienone is 1. The van der Waals surface area contributed by atoms with Crippen molar-refractivity contribution < 1.29 is 0 Å². The van der Waals surface area contributed by atoms with Gasteiger partial charge in [-0.3, -0.25) is 14.8 Å². The van der Waals surface area contributed by atoms with E-state index in [1.165, 1.54) is 35.7 Å². The van der Waals surface area contributed by atoms with Crippen LogP contribution < -0.4 is 0 Å². The number of aliphatic imine (C=N–C) groups is 2. The van der Waals surface area contributed by atoms with Crippen LogP contribution in [0.5, 0.6) is 0 Å². The van der Waals surface area contributed by atoms with Crippen LogP contribution in [-0.4, -0.2) is 85.6 Å². The summed E-state index contributed by atoms with van der Waals surface area (Å²) < 4.78 is 0. The van der Waals surface area contributed by atoms with Crippen LogP contribution in [0.15, 0.2) is 45.3 Å². The lowest BCUT2D eigenvalue weighted by Crippen LogP contribution is -2.32. The van der Waals surface area contributed by atoms with Gasteiger partial charge in [-0.15, -0.1) is 0 Å². The highest BCUT2D eigenvalue weighted by molar-refractivity contribution is 8.29. The van der Waals surface area contributed by atoms with Crippen molar-refractivity contribution in [3.8, 4) is 0 Å². The summed E-state index contributed by atoms with van der Waals surface area (Å²) in [5, 5.41) is 2.54. The lowest BCUT2D eigenvalue weighted by Gasteiger charge is -2.32. The summed E-state index contributed by atoms with van der Waals surface area (Å²) in [7, 11) is 5.18. The fourth-order valence-corrected chi connectivity index (χ4v) is 11.0. The summed E-state index contributed by atoms with van der Waals surface area (Å²) >= 11 is 12.9. The molecule has 5 atom stereocenters. The molecule has 2 saturated heterocycles. The van der Waals surface area contributed by atoms with Crippen LogP contribution in [-0.2, 0) is 0 Å². The third-order valence-corrected chi connectivity index (χ3v) is 13.7. The number of hydrogen-bond acceptors (Lipinski definition) is 4. The van der Waals surface area contributed by atoms with Crippen molar-refractivity contribution >= 4 is 54.7 Å². The largest absolute Gasteiger partial charge is 0.300 e. The van der Waals surface area contributed by atoms with E-state index in [0.29, 0.717) is 28.3 Å². The van der Waals surface area contributed by atoms with Crippen molar-refractivity contribution in [3.05, 3.63) is 35.3 Å². The van der Waals surface area contributed by atoms with Crippen LogP contribution in [0.1, 0.15) is 32.1 Å². The lowest BCUT2D eigenvalue weighted by molar-refractivity contribution is 0.327. The van der Waals surface area contributed by atoms with E-state index in [0.717, 1.165) is 32.1 Å². The molecule has 0 aromatic rings. The highest BCUT2D eigenvalue weighted by Gasteiger charge is 2.39. The molecular weight excluding hydrogens is 477 g/mol. The summed E-state index contributed by atoms with van der Waals surface area (Å²) in [5.74, 6) is 0.387. The molecule has 4 nitrogen and oxygen atoms in total. The average Bonchev–Trinajstić information content (AvgIpc) is 3.37. The molecule has 0 aromatic heterocycles. The Morgan fingerprint density at radius 2 is 2.00 bits per heavy atom. The molecule has 0 radical (unpaired) electrons. The second kappa shape index (κ2) is 11.9. The third-order valence-electron chi connectivity index (χ3n) is 6.95. The molecule has 0 N–H and O–H groups in total. The van der Waals surface area contributed by atoms with Gasteiger partial charge in [0.15, 0.2) is 0 Å². The summed E-state index contributed by atoms with van der Waals surface area (Å²) in [5.41, 5.74) is 2.65. The van der Waals surface area contributed by atoms with Crippen molar-refractivity contribution in [2.24, 2.45) is 15.9 Å². The molecule has 5 unspecified atom stereocenters. The van der Waals surface area contributed by atoms with Gasteiger partial charge in [-0.05, 0) is 76.0 Å². The molecule has 2 fully saturated rings. The van der Waals surface area contributed by atoms with Gasteiger partial charge in [0.1, 0.15) is 25.2 Å². The smallest absolute Gasteiger partial charge is 0.145 e. The summed E-state index contributed by atoms with van der Waals surface area (Å²) in [6.45, 7) is 9.15. The molecule has 0 bridgehead atoms. The Morgan fingerprint density at radius 1 is 1.31 bits per heavy atom. The van der Waals surface area contributed by atoms with Gasteiger partial charge in [-0.2, -0.15) is 0 Å². The Hall–Kier alpha value is -0.340. The van der Waals surface area contributed by atoms with Crippen molar-refractivity contribution in [2.75, 3.05) is 47.1 Å². The minimum absolute atomic E-state index is 0.370. The van der Waals surface area contributed by atoms with Crippen molar-refractivity contribution in [1.29, 1.82) is 0 Å². The molecule has 3 rings (SSSR count). The predicted octanol–water partition coefficient (Wildman–Crippen LogP) is 6.36. The van der Waals surface area contributed by atoms with Crippen LogP contribution in [0.4, 0.5) is 0 Å². The van der Waals surface area contributed by atoms with Crippen molar-refractivity contribution in [1.82, 2.24) is 9.80 Å². The quantitative estimate of drug-likeness (QED) is 0.214. The van der Waals surface area contributed by atoms with Gasteiger partial charge in [0.2, 0.25) is 0 Å². The van der Waals surface area contributed by atoms with E-state index < -0.39 is 14.8 Å². The minimum Gasteiger partial charge on any atom is -0.300 e. The van der Waals surface area contributed by atoms with E-state index in [1.54, 1.807) is 7.05 Å². The fourth-order valence-electron chi connectivity index (χ4n) is 5.15. The SMILES string of the molecule is C=C(C(=CC(Cl)=NC)P(CC1CC(Cl)=NC=C1C1CCCN1C)[P+](=C)C)C1CCCN1C. The summed E-state index contributed by atoms with van der Waals surface area (Å²) in [6, 6.07) is 0.839. The van der Waals surface area contributed by atoms with E-state index in [1.807, 2.05) is 0 Å². The predicted molar refractivity (Wildman–Crippen MR) is 149 cm³/mol. The highest BCUT2D eigenvalue weighted by Crippen LogP contribution is 2.68. The molecule has 176 valence electrons. The standard InChI is InChI=1S/C24H37Cl2N4P2/c1-17(20-9-7-11-29(20)3)22(14-23(25)27-2)32(31(5)6)16-18-13-24(26)28-15-19(18)21-10-8-12-30(21)4/h14-15,18,20-21H,1,5,7-13,16H2,2-4,6H3/q+1. The Labute approximate surface area is 206 Å². The number of nitrogens with zero attached hydrogens (tertiary/aromatic N) is 4. The van der Waals surface area contributed by atoms with E-state index in [9.17, 15) is 0 Å². The molecule has 32 heavy (non-hydrogen) atoms. The normalized spacial score (nSPS) is 29.7. The van der Waals surface area contributed by atoms with Gasteiger partial charge < -0.3 is 0 Å². The summed E-state index contributed by atoms with van der Waals surface area (Å²) in [6.07, 6.45) is 15.4. The first kappa shape index (κ1) is 26.3. The first-order chi connectivity index (χ1) is 15.2. The van der Waals surface area contributed by atoms with Gasteiger partial charge in [0.05, 0.1) is 13.0 Å². The van der Waals surface area contributed by atoms with Gasteiger partial charge in [0, 0.05) is 43.2 Å². The van der Waals surface area contributed by atoms with Gasteiger partial charge in [0.25, 0.3) is 0 Å². The zero-order valence-corrected chi connectivity index (χ0v) is 23.2. The average molecular weight is 514 g/mol. The topological polar surface area (TPSA) is 31.2 Å². The van der Waals surface area contributed by atoms with Crippen LogP contribution in [0.3, 0.4) is 0 Å². The number of rotatable bonds is 8. The number of halogens is 2. The molecular formula is C24H37Cl2N4P2+. The van der Waals surface area contributed by atoms with E-state index in [4.69, 9.17) is 23.2 Å². The molecule has 0 saturated carbocycles. The molecule has 0 spiro atoms. The zero-order chi connectivity index (χ0) is 23.4. The fraction of sp³-hybridized carbons (Fsp3) is 0.625. The van der Waals surface area contributed by atoms with Crippen molar-refractivity contribution in [2.45, 2.75) is 44.2 Å². The molecule has 0 aliphatic carbocycles. The molecule has 3 aliphatic rings. The Balaban J connectivity index is 1.93. The van der Waals surface area contributed by atoms with Crippen LogP contribution in [0.25, 0.3) is 0 Å². The van der Waals surface area contributed by atoms with Crippen LogP contribution in [0.2, 0.25) is 0 Å².